The molecule has 0 atom stereocenters. The van der Waals surface area contributed by atoms with Gasteiger partial charge in [0, 0.05) is 12.0 Å². The number of carboxylic acid groups (broad SMARTS) is 1. The second-order valence-electron chi connectivity index (χ2n) is 6.45. The topological polar surface area (TPSA) is 136 Å². The van der Waals surface area contributed by atoms with Gasteiger partial charge in [-0.05, 0) is 17.7 Å². The molecular formula is C22H25N3O7. The first-order valence-electron chi connectivity index (χ1n) is 9.60. The van der Waals surface area contributed by atoms with Crippen LogP contribution in [0, 0.1) is 0 Å². The maximum Gasteiger partial charge on any atom is 0.303 e. The van der Waals surface area contributed by atoms with Crippen LogP contribution in [0.25, 0.3) is 0 Å². The van der Waals surface area contributed by atoms with Crippen molar-refractivity contribution >= 4 is 23.5 Å². The molecule has 10 nitrogen and oxygen atoms in total. The summed E-state index contributed by atoms with van der Waals surface area (Å²) < 4.78 is 15.7. The predicted molar refractivity (Wildman–Crippen MR) is 116 cm³/mol. The van der Waals surface area contributed by atoms with Crippen LogP contribution in [0.3, 0.4) is 0 Å². The summed E-state index contributed by atoms with van der Waals surface area (Å²) in [5.41, 5.74) is 3.66. The molecule has 0 aliphatic heterocycles. The van der Waals surface area contributed by atoms with Gasteiger partial charge in [0.15, 0.2) is 11.5 Å². The van der Waals surface area contributed by atoms with Gasteiger partial charge in [-0.15, -0.1) is 0 Å². The average Bonchev–Trinajstić information content (AvgIpc) is 2.81. The highest BCUT2D eigenvalue weighted by molar-refractivity contribution is 6.02. The van der Waals surface area contributed by atoms with Crippen molar-refractivity contribution in [3.05, 3.63) is 53.6 Å². The fraction of sp³-hybridized carbons (Fsp3) is 0.273. The van der Waals surface area contributed by atoms with E-state index < -0.39 is 17.8 Å². The van der Waals surface area contributed by atoms with Gasteiger partial charge in [-0.3, -0.25) is 14.4 Å². The first-order chi connectivity index (χ1) is 15.4. The molecule has 0 spiro atoms. The van der Waals surface area contributed by atoms with Gasteiger partial charge in [0.25, 0.3) is 11.8 Å². The van der Waals surface area contributed by atoms with Crippen LogP contribution in [0.1, 0.15) is 28.8 Å². The number of carbonyl (C=O) groups is 3. The van der Waals surface area contributed by atoms with E-state index in [1.165, 1.54) is 33.5 Å². The monoisotopic (exact) mass is 443 g/mol. The molecule has 0 aromatic heterocycles. The van der Waals surface area contributed by atoms with Crippen molar-refractivity contribution in [2.45, 2.75) is 12.8 Å². The third-order valence-corrected chi connectivity index (χ3v) is 4.33. The summed E-state index contributed by atoms with van der Waals surface area (Å²) in [5, 5.41) is 15.5. The number of carbonyl (C=O) groups excluding carboxylic acids is 2. The first kappa shape index (κ1) is 24.2. The van der Waals surface area contributed by atoms with Crippen molar-refractivity contribution in [3.63, 3.8) is 0 Å². The van der Waals surface area contributed by atoms with Crippen LogP contribution in [0.15, 0.2) is 47.6 Å². The fourth-order valence-corrected chi connectivity index (χ4v) is 2.76. The van der Waals surface area contributed by atoms with Crippen LogP contribution < -0.4 is 25.0 Å². The van der Waals surface area contributed by atoms with Crippen molar-refractivity contribution < 1.29 is 33.7 Å². The molecule has 0 aliphatic carbocycles. The average molecular weight is 443 g/mol. The number of methoxy groups -OCH3 is 3. The lowest BCUT2D eigenvalue weighted by molar-refractivity contribution is -0.136. The van der Waals surface area contributed by atoms with E-state index in [0.29, 0.717) is 28.5 Å². The zero-order chi connectivity index (χ0) is 23.5. The summed E-state index contributed by atoms with van der Waals surface area (Å²) >= 11 is 0. The number of benzene rings is 2. The molecule has 2 aromatic rings. The molecule has 2 amide bonds. The number of carboxylic acids is 1. The Labute approximate surface area is 185 Å². The van der Waals surface area contributed by atoms with Crippen LogP contribution in [0.4, 0.5) is 0 Å². The van der Waals surface area contributed by atoms with E-state index in [1.54, 1.807) is 24.3 Å². The normalized spacial score (nSPS) is 10.8. The lowest BCUT2D eigenvalue weighted by Crippen LogP contribution is -2.35. The SMILES string of the molecule is COc1cc(C(=O)NCC(=O)N/N=C(\CCC(=O)O)c2ccccc2)cc(OC)c1OC. The van der Waals surface area contributed by atoms with Crippen molar-refractivity contribution in [3.8, 4) is 17.2 Å². The summed E-state index contributed by atoms with van der Waals surface area (Å²) in [6, 6.07) is 11.8. The quantitative estimate of drug-likeness (QED) is 0.356. The largest absolute Gasteiger partial charge is 0.493 e. The number of amides is 2. The van der Waals surface area contributed by atoms with E-state index >= 15 is 0 Å². The van der Waals surface area contributed by atoms with Gasteiger partial charge in [-0.1, -0.05) is 30.3 Å². The molecule has 0 bridgehead atoms. The Morgan fingerprint density at radius 1 is 0.906 bits per heavy atom. The minimum atomic E-state index is -0.974. The van der Waals surface area contributed by atoms with Crippen LogP contribution >= 0.6 is 0 Å². The Morgan fingerprint density at radius 3 is 2.06 bits per heavy atom. The standard InChI is InChI=1S/C22H25N3O7/c1-30-17-11-15(12-18(31-2)21(17)32-3)22(29)23-13-19(26)25-24-16(9-10-20(27)28)14-7-5-4-6-8-14/h4-8,11-12H,9-10,13H2,1-3H3,(H,23,29)(H,25,26)(H,27,28)/b24-16+. The van der Waals surface area contributed by atoms with Crippen molar-refractivity contribution in [2.75, 3.05) is 27.9 Å². The molecule has 0 heterocycles. The molecule has 0 unspecified atom stereocenters. The van der Waals surface area contributed by atoms with Gasteiger partial charge >= 0.3 is 5.97 Å². The highest BCUT2D eigenvalue weighted by atomic mass is 16.5. The van der Waals surface area contributed by atoms with Gasteiger partial charge in [0.2, 0.25) is 5.75 Å². The van der Waals surface area contributed by atoms with Gasteiger partial charge in [0.1, 0.15) is 0 Å². The third-order valence-electron chi connectivity index (χ3n) is 4.33. The number of nitrogens with zero attached hydrogens (tertiary/aromatic N) is 1. The Morgan fingerprint density at radius 2 is 1.53 bits per heavy atom. The predicted octanol–water partition coefficient (Wildman–Crippen LogP) is 1.83. The Bertz CT molecular complexity index is 965. The lowest BCUT2D eigenvalue weighted by Gasteiger charge is -2.14. The molecule has 32 heavy (non-hydrogen) atoms. The van der Waals surface area contributed by atoms with Gasteiger partial charge < -0.3 is 24.6 Å². The van der Waals surface area contributed by atoms with Crippen molar-refractivity contribution in [1.29, 1.82) is 0 Å². The number of hydrogen-bond acceptors (Lipinski definition) is 7. The van der Waals surface area contributed by atoms with E-state index in [0.717, 1.165) is 0 Å². The zero-order valence-corrected chi connectivity index (χ0v) is 18.0. The minimum Gasteiger partial charge on any atom is -0.493 e. The smallest absolute Gasteiger partial charge is 0.303 e. The van der Waals surface area contributed by atoms with Crippen LogP contribution in [0.5, 0.6) is 17.2 Å². The van der Waals surface area contributed by atoms with Gasteiger partial charge in [0.05, 0.1) is 40.0 Å². The van der Waals surface area contributed by atoms with E-state index in [4.69, 9.17) is 19.3 Å². The first-order valence-corrected chi connectivity index (χ1v) is 9.60. The van der Waals surface area contributed by atoms with E-state index in [-0.39, 0.29) is 24.9 Å². The van der Waals surface area contributed by atoms with Crippen molar-refractivity contribution in [1.82, 2.24) is 10.7 Å². The van der Waals surface area contributed by atoms with Crippen molar-refractivity contribution in [2.24, 2.45) is 5.10 Å². The molecule has 0 fully saturated rings. The minimum absolute atomic E-state index is 0.136. The third kappa shape index (κ3) is 6.73. The number of ether oxygens (including phenoxy) is 3. The van der Waals surface area contributed by atoms with Crippen LogP contribution in [0.2, 0.25) is 0 Å². The van der Waals surface area contributed by atoms with E-state index in [1.807, 2.05) is 6.07 Å². The Balaban J connectivity index is 2.04. The molecule has 0 aliphatic rings. The summed E-state index contributed by atoms with van der Waals surface area (Å²) in [6.07, 6.45) is -0.00110. The highest BCUT2D eigenvalue weighted by Crippen LogP contribution is 2.38. The molecule has 170 valence electrons. The van der Waals surface area contributed by atoms with Crippen LogP contribution in [-0.2, 0) is 9.59 Å². The Kier molecular flexibility index (Phi) is 9.03. The molecule has 10 heteroatoms. The number of hydrazone groups is 1. The molecule has 3 N–H and O–H groups in total. The molecule has 0 radical (unpaired) electrons. The number of hydrogen-bond donors (Lipinski definition) is 3. The highest BCUT2D eigenvalue weighted by Gasteiger charge is 2.17. The molecular weight excluding hydrogens is 418 g/mol. The molecule has 0 saturated heterocycles. The lowest BCUT2D eigenvalue weighted by atomic mass is 10.1. The maximum absolute atomic E-state index is 12.5. The van der Waals surface area contributed by atoms with Crippen LogP contribution in [-0.4, -0.2) is 56.5 Å². The molecule has 2 aromatic carbocycles. The van der Waals surface area contributed by atoms with E-state index in [2.05, 4.69) is 15.8 Å². The summed E-state index contributed by atoms with van der Waals surface area (Å²) in [7, 11) is 4.31. The Hall–Kier alpha value is -4.08. The summed E-state index contributed by atoms with van der Waals surface area (Å²) in [4.78, 5) is 35.6. The maximum atomic E-state index is 12.5. The second kappa shape index (κ2) is 11.9. The number of aliphatic carboxylic acids is 1. The second-order valence-corrected chi connectivity index (χ2v) is 6.45. The molecule has 0 saturated carbocycles. The summed E-state index contributed by atoms with van der Waals surface area (Å²) in [6.45, 7) is -0.347. The van der Waals surface area contributed by atoms with Gasteiger partial charge in [-0.25, -0.2) is 5.43 Å². The van der Waals surface area contributed by atoms with Gasteiger partial charge in [-0.2, -0.15) is 5.10 Å². The molecule has 2 rings (SSSR count). The zero-order valence-electron chi connectivity index (χ0n) is 18.0. The number of nitrogens with one attached hydrogen (secondary N) is 2. The fourth-order valence-electron chi connectivity index (χ4n) is 2.76. The summed E-state index contributed by atoms with van der Waals surface area (Å²) in [5.74, 6) is -1.13. The van der Waals surface area contributed by atoms with E-state index in [9.17, 15) is 14.4 Å². The number of rotatable bonds is 11.